The number of nitrogens with zero attached hydrogens (tertiary/aromatic N) is 4. The van der Waals surface area contributed by atoms with Gasteiger partial charge in [0.2, 0.25) is 5.91 Å². The number of amides is 1. The number of hydrogen-bond donors (Lipinski definition) is 2. The smallest absolute Gasteiger partial charge is 0.313 e. The maximum atomic E-state index is 11.3. The van der Waals surface area contributed by atoms with Crippen molar-refractivity contribution >= 4 is 34.8 Å². The normalized spacial score (nSPS) is 11.1. The minimum Gasteiger partial charge on any atom is -0.481 e. The predicted octanol–water partition coefficient (Wildman–Crippen LogP) is 0.384. The van der Waals surface area contributed by atoms with E-state index >= 15 is 0 Å². The summed E-state index contributed by atoms with van der Waals surface area (Å²) < 4.78 is 3.28. The Balaban J connectivity index is 2.52. The minimum atomic E-state index is -0.940. The molecule has 2 aromatic rings. The first-order valence-electron chi connectivity index (χ1n) is 6.49. The van der Waals surface area contributed by atoms with Crippen LogP contribution < -0.4 is 5.73 Å². The Hall–Kier alpha value is -2.03. The molecule has 8 nitrogen and oxygen atoms in total. The Labute approximate surface area is 125 Å². The molecule has 0 radical (unpaired) electrons. The molecule has 2 heterocycles. The molecule has 114 valence electrons. The zero-order valence-corrected chi connectivity index (χ0v) is 12.7. The van der Waals surface area contributed by atoms with E-state index in [1.807, 2.05) is 6.92 Å². The molecule has 0 aliphatic rings. The van der Waals surface area contributed by atoms with Gasteiger partial charge in [-0.15, -0.1) is 0 Å². The van der Waals surface area contributed by atoms with Gasteiger partial charge in [0.1, 0.15) is 12.1 Å². The molecule has 2 rings (SSSR count). The summed E-state index contributed by atoms with van der Waals surface area (Å²) in [5.74, 6) is -1.58. The van der Waals surface area contributed by atoms with Crippen LogP contribution in [0.15, 0.2) is 5.16 Å². The van der Waals surface area contributed by atoms with E-state index in [1.165, 1.54) is 0 Å². The number of aryl methyl sites for hydroxylation is 2. The molecule has 0 unspecified atom stereocenters. The number of aliphatic carboxylic acids is 1. The molecule has 3 N–H and O–H groups in total. The number of thioether (sulfide) groups is 1. The van der Waals surface area contributed by atoms with Crippen molar-refractivity contribution in [3.05, 3.63) is 5.69 Å². The van der Waals surface area contributed by atoms with E-state index in [0.29, 0.717) is 16.3 Å². The maximum absolute atomic E-state index is 11.3. The molecular formula is C12H17N5O3S. The molecule has 0 saturated carbocycles. The van der Waals surface area contributed by atoms with Gasteiger partial charge in [0.05, 0.1) is 11.4 Å². The fourth-order valence-electron chi connectivity index (χ4n) is 2.16. The van der Waals surface area contributed by atoms with E-state index in [2.05, 4.69) is 10.1 Å². The Morgan fingerprint density at radius 2 is 2.14 bits per heavy atom. The number of nitrogens with two attached hydrogens (primary N) is 1. The Kier molecular flexibility index (Phi) is 4.51. The SMILES string of the molecule is CCCc1nn(C)c2c1nc(SCC(=O)O)n2CC(N)=O. The lowest BCUT2D eigenvalue weighted by atomic mass is 10.2. The molecule has 9 heteroatoms. The van der Waals surface area contributed by atoms with E-state index in [9.17, 15) is 9.59 Å². The fraction of sp³-hybridized carbons (Fsp3) is 0.500. The topological polar surface area (TPSA) is 116 Å². The summed E-state index contributed by atoms with van der Waals surface area (Å²) in [5.41, 5.74) is 7.50. The number of aromatic nitrogens is 4. The zero-order valence-electron chi connectivity index (χ0n) is 11.9. The third-order valence-corrected chi connectivity index (χ3v) is 3.84. The van der Waals surface area contributed by atoms with E-state index in [0.717, 1.165) is 30.3 Å². The van der Waals surface area contributed by atoms with Gasteiger partial charge < -0.3 is 10.8 Å². The van der Waals surface area contributed by atoms with E-state index in [1.54, 1.807) is 16.3 Å². The monoisotopic (exact) mass is 311 g/mol. The highest BCUT2D eigenvalue weighted by atomic mass is 32.2. The van der Waals surface area contributed by atoms with Gasteiger partial charge in [0, 0.05) is 7.05 Å². The average molecular weight is 311 g/mol. The lowest BCUT2D eigenvalue weighted by Crippen LogP contribution is -2.20. The van der Waals surface area contributed by atoms with Crippen molar-refractivity contribution in [3.8, 4) is 0 Å². The fourth-order valence-corrected chi connectivity index (χ4v) is 2.88. The highest BCUT2D eigenvalue weighted by molar-refractivity contribution is 7.99. The van der Waals surface area contributed by atoms with Crippen LogP contribution >= 0.6 is 11.8 Å². The molecule has 0 atom stereocenters. The second-order valence-corrected chi connectivity index (χ2v) is 5.56. The van der Waals surface area contributed by atoms with Crippen LogP contribution in [0, 0.1) is 0 Å². The predicted molar refractivity (Wildman–Crippen MR) is 78.0 cm³/mol. The van der Waals surface area contributed by atoms with Crippen LogP contribution in [0.3, 0.4) is 0 Å². The Morgan fingerprint density at radius 1 is 1.43 bits per heavy atom. The van der Waals surface area contributed by atoms with Crippen LogP contribution in [0.25, 0.3) is 11.2 Å². The van der Waals surface area contributed by atoms with E-state index in [4.69, 9.17) is 10.8 Å². The van der Waals surface area contributed by atoms with E-state index < -0.39 is 11.9 Å². The van der Waals surface area contributed by atoms with Crippen LogP contribution in [0.1, 0.15) is 19.0 Å². The number of primary amides is 1. The van der Waals surface area contributed by atoms with Crippen molar-refractivity contribution in [2.24, 2.45) is 12.8 Å². The quantitative estimate of drug-likeness (QED) is 0.714. The molecule has 2 aromatic heterocycles. The van der Waals surface area contributed by atoms with Crippen molar-refractivity contribution in [1.29, 1.82) is 0 Å². The number of hydrogen-bond acceptors (Lipinski definition) is 5. The van der Waals surface area contributed by atoms with E-state index in [-0.39, 0.29) is 12.3 Å². The molecule has 0 aliphatic carbocycles. The minimum absolute atomic E-state index is 0.0520. The molecule has 0 saturated heterocycles. The largest absolute Gasteiger partial charge is 0.481 e. The van der Waals surface area contributed by atoms with Crippen molar-refractivity contribution in [2.75, 3.05) is 5.75 Å². The van der Waals surface area contributed by atoms with Crippen molar-refractivity contribution in [3.63, 3.8) is 0 Å². The van der Waals surface area contributed by atoms with Gasteiger partial charge in [-0.3, -0.25) is 18.8 Å². The molecule has 0 aliphatic heterocycles. The summed E-state index contributed by atoms with van der Waals surface area (Å²) in [6.07, 6.45) is 1.69. The second-order valence-electron chi connectivity index (χ2n) is 4.62. The van der Waals surface area contributed by atoms with Gasteiger partial charge >= 0.3 is 5.97 Å². The molecule has 0 spiro atoms. The maximum Gasteiger partial charge on any atom is 0.313 e. The molecular weight excluding hydrogens is 294 g/mol. The lowest BCUT2D eigenvalue weighted by Gasteiger charge is -2.05. The van der Waals surface area contributed by atoms with Crippen LogP contribution in [0.2, 0.25) is 0 Å². The number of rotatable bonds is 7. The van der Waals surface area contributed by atoms with Gasteiger partial charge in [-0.2, -0.15) is 5.10 Å². The van der Waals surface area contributed by atoms with Crippen molar-refractivity contribution in [2.45, 2.75) is 31.5 Å². The number of fused-ring (bicyclic) bond motifs is 1. The van der Waals surface area contributed by atoms with Gasteiger partial charge in [-0.25, -0.2) is 4.98 Å². The van der Waals surface area contributed by atoms with Gasteiger partial charge in [0.15, 0.2) is 10.8 Å². The van der Waals surface area contributed by atoms with Crippen molar-refractivity contribution < 1.29 is 14.7 Å². The number of carboxylic acids is 1. The first-order chi connectivity index (χ1) is 9.93. The molecule has 0 bridgehead atoms. The summed E-state index contributed by atoms with van der Waals surface area (Å²) in [6, 6.07) is 0. The van der Waals surface area contributed by atoms with Crippen LogP contribution in [0.5, 0.6) is 0 Å². The molecule has 0 aromatic carbocycles. The summed E-state index contributed by atoms with van der Waals surface area (Å²) in [6.45, 7) is 1.99. The summed E-state index contributed by atoms with van der Waals surface area (Å²) >= 11 is 1.07. The third-order valence-electron chi connectivity index (χ3n) is 2.88. The first kappa shape index (κ1) is 15.4. The molecule has 21 heavy (non-hydrogen) atoms. The van der Waals surface area contributed by atoms with Crippen LogP contribution in [0.4, 0.5) is 0 Å². The highest BCUT2D eigenvalue weighted by Gasteiger charge is 2.20. The Morgan fingerprint density at radius 3 is 2.71 bits per heavy atom. The zero-order chi connectivity index (χ0) is 15.6. The van der Waals surface area contributed by atoms with Crippen LogP contribution in [-0.2, 0) is 29.6 Å². The van der Waals surface area contributed by atoms with Gasteiger partial charge in [0.25, 0.3) is 0 Å². The van der Waals surface area contributed by atoms with Crippen LogP contribution in [-0.4, -0.2) is 42.1 Å². The lowest BCUT2D eigenvalue weighted by molar-refractivity contribution is -0.133. The Bertz CT molecular complexity index is 691. The summed E-state index contributed by atoms with van der Waals surface area (Å²) in [4.78, 5) is 26.4. The molecule has 1 amide bonds. The third kappa shape index (κ3) is 3.18. The summed E-state index contributed by atoms with van der Waals surface area (Å²) in [7, 11) is 1.77. The molecule has 0 fully saturated rings. The second kappa shape index (κ2) is 6.17. The van der Waals surface area contributed by atoms with Gasteiger partial charge in [-0.05, 0) is 6.42 Å². The van der Waals surface area contributed by atoms with Crippen molar-refractivity contribution in [1.82, 2.24) is 19.3 Å². The van der Waals surface area contributed by atoms with Gasteiger partial charge in [-0.1, -0.05) is 25.1 Å². The average Bonchev–Trinajstić information content (AvgIpc) is 2.87. The number of carbonyl (C=O) groups excluding carboxylic acids is 1. The summed E-state index contributed by atoms with van der Waals surface area (Å²) in [5, 5.41) is 13.7. The number of carboxylic acid groups (broad SMARTS) is 1. The first-order valence-corrected chi connectivity index (χ1v) is 7.47. The highest BCUT2D eigenvalue weighted by Crippen LogP contribution is 2.26. The number of carbonyl (C=O) groups is 2. The standard InChI is InChI=1S/C12H17N5O3S/c1-3-4-7-10-11(16(2)15-7)17(5-8(13)18)12(14-10)21-6-9(19)20/h3-6H2,1-2H3,(H2,13,18)(H,19,20). The number of imidazole rings is 1.